The second-order valence-corrected chi connectivity index (χ2v) is 4.94. The van der Waals surface area contributed by atoms with Gasteiger partial charge in [-0.2, -0.15) is 0 Å². The van der Waals surface area contributed by atoms with Crippen molar-refractivity contribution < 1.29 is 8.42 Å². The Kier molecular flexibility index (Phi) is 3.18. The van der Waals surface area contributed by atoms with Gasteiger partial charge in [-0.3, -0.25) is 0 Å². The van der Waals surface area contributed by atoms with E-state index in [-0.39, 0.29) is 5.75 Å². The van der Waals surface area contributed by atoms with Gasteiger partial charge in [-0.05, 0) is 12.1 Å². The first-order valence-corrected chi connectivity index (χ1v) is 5.80. The predicted octanol–water partition coefficient (Wildman–Crippen LogP) is 1.78. The van der Waals surface area contributed by atoms with Crippen LogP contribution in [0.2, 0.25) is 10.0 Å². The van der Waals surface area contributed by atoms with Crippen molar-refractivity contribution in [2.24, 2.45) is 5.14 Å². The van der Waals surface area contributed by atoms with Gasteiger partial charge in [0, 0.05) is 15.6 Å². The van der Waals surface area contributed by atoms with E-state index in [1.807, 2.05) is 0 Å². The van der Waals surface area contributed by atoms with Gasteiger partial charge in [0.05, 0.1) is 5.75 Å². The summed E-state index contributed by atoms with van der Waals surface area (Å²) in [4.78, 5) is 0. The molecule has 0 spiro atoms. The molecular formula is C7H7Cl2NO2S. The van der Waals surface area contributed by atoms with Crippen molar-refractivity contribution in [1.29, 1.82) is 0 Å². The van der Waals surface area contributed by atoms with Crippen LogP contribution in [0.3, 0.4) is 0 Å². The molecule has 1 aromatic rings. The maximum atomic E-state index is 10.8. The summed E-state index contributed by atoms with van der Waals surface area (Å²) in [7, 11) is -3.59. The predicted molar refractivity (Wildman–Crippen MR) is 53.3 cm³/mol. The molecule has 2 N–H and O–H groups in total. The van der Waals surface area contributed by atoms with E-state index in [1.54, 1.807) is 18.2 Å². The number of nitrogens with two attached hydrogens (primary N) is 1. The summed E-state index contributed by atoms with van der Waals surface area (Å²) < 4.78 is 21.5. The summed E-state index contributed by atoms with van der Waals surface area (Å²) in [5, 5.41) is 5.47. The zero-order valence-electron chi connectivity index (χ0n) is 6.50. The third kappa shape index (κ3) is 3.15. The lowest BCUT2D eigenvalue weighted by Crippen LogP contribution is -2.15. The monoisotopic (exact) mass is 239 g/mol. The van der Waals surface area contributed by atoms with Gasteiger partial charge in [0.2, 0.25) is 10.0 Å². The van der Waals surface area contributed by atoms with Gasteiger partial charge < -0.3 is 0 Å². The van der Waals surface area contributed by atoms with Crippen molar-refractivity contribution in [3.05, 3.63) is 33.8 Å². The van der Waals surface area contributed by atoms with Gasteiger partial charge in [-0.25, -0.2) is 13.6 Å². The van der Waals surface area contributed by atoms with Gasteiger partial charge in [0.25, 0.3) is 0 Å². The molecule has 0 saturated carbocycles. The minimum atomic E-state index is -3.59. The van der Waals surface area contributed by atoms with Crippen LogP contribution in [0.15, 0.2) is 18.2 Å². The molecule has 0 aliphatic rings. The lowest BCUT2D eigenvalue weighted by Gasteiger charge is -2.04. The minimum Gasteiger partial charge on any atom is -0.228 e. The average Bonchev–Trinajstić information content (AvgIpc) is 1.95. The van der Waals surface area contributed by atoms with Gasteiger partial charge in [-0.1, -0.05) is 29.3 Å². The maximum Gasteiger partial charge on any atom is 0.213 e. The molecule has 0 unspecified atom stereocenters. The molecule has 0 atom stereocenters. The normalized spacial score (nSPS) is 11.6. The topological polar surface area (TPSA) is 60.2 Å². The van der Waals surface area contributed by atoms with Gasteiger partial charge in [0.1, 0.15) is 0 Å². The number of benzene rings is 1. The van der Waals surface area contributed by atoms with Crippen LogP contribution in [0.4, 0.5) is 0 Å². The van der Waals surface area contributed by atoms with E-state index in [0.717, 1.165) is 0 Å². The van der Waals surface area contributed by atoms with Crippen molar-refractivity contribution in [2.75, 3.05) is 0 Å². The fourth-order valence-corrected chi connectivity index (χ4v) is 2.27. The second kappa shape index (κ2) is 3.84. The van der Waals surface area contributed by atoms with E-state index < -0.39 is 10.0 Å². The minimum absolute atomic E-state index is 0.307. The molecule has 0 amide bonds. The maximum absolute atomic E-state index is 10.8. The molecule has 0 fully saturated rings. The Labute approximate surface area is 86.5 Å². The van der Waals surface area contributed by atoms with Crippen LogP contribution in [-0.2, 0) is 15.8 Å². The highest BCUT2D eigenvalue weighted by molar-refractivity contribution is 7.88. The van der Waals surface area contributed by atoms with Gasteiger partial charge >= 0.3 is 0 Å². The number of hydrogen-bond donors (Lipinski definition) is 1. The molecule has 1 aromatic carbocycles. The number of primary sulfonamides is 1. The van der Waals surface area contributed by atoms with Gasteiger partial charge in [-0.15, -0.1) is 0 Å². The number of sulfonamides is 1. The molecule has 0 saturated heterocycles. The largest absolute Gasteiger partial charge is 0.228 e. The number of halogens is 2. The van der Waals surface area contributed by atoms with Crippen LogP contribution >= 0.6 is 23.2 Å². The second-order valence-electron chi connectivity index (χ2n) is 2.51. The van der Waals surface area contributed by atoms with Crippen molar-refractivity contribution in [3.63, 3.8) is 0 Å². The van der Waals surface area contributed by atoms with E-state index in [2.05, 4.69) is 0 Å². The van der Waals surface area contributed by atoms with Crippen LogP contribution in [0, 0.1) is 0 Å². The first kappa shape index (κ1) is 10.8. The molecule has 0 aliphatic carbocycles. The van der Waals surface area contributed by atoms with E-state index in [9.17, 15) is 8.42 Å². The smallest absolute Gasteiger partial charge is 0.213 e. The molecule has 0 heterocycles. The van der Waals surface area contributed by atoms with E-state index in [0.29, 0.717) is 15.6 Å². The zero-order valence-corrected chi connectivity index (χ0v) is 8.83. The molecule has 0 radical (unpaired) electrons. The van der Waals surface area contributed by atoms with E-state index in [1.165, 1.54) is 0 Å². The van der Waals surface area contributed by atoms with Crippen LogP contribution in [-0.4, -0.2) is 8.42 Å². The summed E-state index contributed by atoms with van der Waals surface area (Å²) >= 11 is 11.5. The Bertz CT molecular complexity index is 396. The Morgan fingerprint density at radius 2 is 1.69 bits per heavy atom. The summed E-state index contributed by atoms with van der Waals surface area (Å²) in [6.07, 6.45) is 0. The standard InChI is InChI=1S/C7H7Cl2NO2S/c8-6-2-1-3-7(9)5(6)4-13(10,11)12/h1-3H,4H2,(H2,10,11,12). The highest BCUT2D eigenvalue weighted by Crippen LogP contribution is 2.25. The molecule has 6 heteroatoms. The van der Waals surface area contributed by atoms with E-state index in [4.69, 9.17) is 28.3 Å². The highest BCUT2D eigenvalue weighted by Gasteiger charge is 2.11. The Morgan fingerprint density at radius 3 is 2.08 bits per heavy atom. The Hall–Kier alpha value is -0.290. The highest BCUT2D eigenvalue weighted by atomic mass is 35.5. The van der Waals surface area contributed by atoms with Crippen LogP contribution < -0.4 is 5.14 Å². The molecule has 0 bridgehead atoms. The molecule has 13 heavy (non-hydrogen) atoms. The van der Waals surface area contributed by atoms with Crippen LogP contribution in [0.1, 0.15) is 5.56 Å². The fraction of sp³-hybridized carbons (Fsp3) is 0.143. The van der Waals surface area contributed by atoms with Crippen molar-refractivity contribution in [1.82, 2.24) is 0 Å². The van der Waals surface area contributed by atoms with Crippen molar-refractivity contribution in [3.8, 4) is 0 Å². The van der Waals surface area contributed by atoms with Crippen molar-refractivity contribution >= 4 is 33.2 Å². The molecule has 0 aromatic heterocycles. The summed E-state index contributed by atoms with van der Waals surface area (Å²) in [5.41, 5.74) is 0.341. The van der Waals surface area contributed by atoms with Crippen LogP contribution in [0.5, 0.6) is 0 Å². The summed E-state index contributed by atoms with van der Waals surface area (Å²) in [5.74, 6) is -0.342. The quantitative estimate of drug-likeness (QED) is 0.856. The fourth-order valence-electron chi connectivity index (χ4n) is 0.871. The molecule has 1 rings (SSSR count). The third-order valence-corrected chi connectivity index (χ3v) is 2.81. The lowest BCUT2D eigenvalue weighted by atomic mass is 10.2. The summed E-state index contributed by atoms with van der Waals surface area (Å²) in [6.45, 7) is 0. The zero-order chi connectivity index (χ0) is 10.1. The molecule has 0 aliphatic heterocycles. The Morgan fingerprint density at radius 1 is 1.23 bits per heavy atom. The first-order valence-electron chi connectivity index (χ1n) is 3.33. The van der Waals surface area contributed by atoms with E-state index >= 15 is 0 Å². The average molecular weight is 240 g/mol. The molecule has 72 valence electrons. The third-order valence-electron chi connectivity index (χ3n) is 1.41. The first-order chi connectivity index (χ1) is 5.90. The van der Waals surface area contributed by atoms with Crippen LogP contribution in [0.25, 0.3) is 0 Å². The van der Waals surface area contributed by atoms with Crippen molar-refractivity contribution in [2.45, 2.75) is 5.75 Å². The molecular weight excluding hydrogens is 233 g/mol. The lowest BCUT2D eigenvalue weighted by molar-refractivity contribution is 0.597. The number of hydrogen-bond acceptors (Lipinski definition) is 2. The number of rotatable bonds is 2. The van der Waals surface area contributed by atoms with Gasteiger partial charge in [0.15, 0.2) is 0 Å². The molecule has 3 nitrogen and oxygen atoms in total. The summed E-state index contributed by atoms with van der Waals surface area (Å²) in [6, 6.07) is 4.76. The Balaban J connectivity index is 3.15. The SMILES string of the molecule is NS(=O)(=O)Cc1c(Cl)cccc1Cl.